The molecule has 0 fully saturated rings. The Morgan fingerprint density at radius 3 is 1.56 bits per heavy atom. The van der Waals surface area contributed by atoms with E-state index in [9.17, 15) is 0 Å². The zero-order valence-corrected chi connectivity index (χ0v) is 21.8. The summed E-state index contributed by atoms with van der Waals surface area (Å²) < 4.78 is 4.75. The first-order chi connectivity index (χ1) is 19.3. The zero-order valence-electron chi connectivity index (χ0n) is 21.1. The molecular formula is C36H23ClN2. The van der Waals surface area contributed by atoms with E-state index in [1.54, 1.807) is 0 Å². The highest BCUT2D eigenvalue weighted by atomic mass is 35.5. The number of hydrogen-bond acceptors (Lipinski definition) is 0. The first kappa shape index (κ1) is 22.2. The van der Waals surface area contributed by atoms with E-state index in [1.807, 2.05) is 12.1 Å². The van der Waals surface area contributed by atoms with Crippen molar-refractivity contribution in [2.75, 3.05) is 0 Å². The van der Waals surface area contributed by atoms with E-state index in [2.05, 4.69) is 137 Å². The third-order valence-electron chi connectivity index (χ3n) is 7.78. The van der Waals surface area contributed by atoms with E-state index >= 15 is 0 Å². The van der Waals surface area contributed by atoms with Crippen LogP contribution in [0, 0.1) is 0 Å². The highest BCUT2D eigenvalue weighted by Gasteiger charge is 2.16. The van der Waals surface area contributed by atoms with Crippen molar-refractivity contribution in [2.24, 2.45) is 0 Å². The molecule has 0 saturated carbocycles. The minimum absolute atomic E-state index is 0.750. The van der Waals surface area contributed by atoms with Crippen molar-refractivity contribution in [3.63, 3.8) is 0 Å². The first-order valence-electron chi connectivity index (χ1n) is 13.1. The Balaban J connectivity index is 1.39. The van der Waals surface area contributed by atoms with Gasteiger partial charge in [-0.15, -0.1) is 0 Å². The number of para-hydroxylation sites is 3. The van der Waals surface area contributed by atoms with Crippen LogP contribution in [0.25, 0.3) is 66.1 Å². The molecule has 2 nitrogen and oxygen atoms in total. The van der Waals surface area contributed by atoms with Gasteiger partial charge in [0.15, 0.2) is 0 Å². The van der Waals surface area contributed by atoms with Gasteiger partial charge in [-0.05, 0) is 77.9 Å². The van der Waals surface area contributed by atoms with Crippen molar-refractivity contribution in [3.8, 4) is 22.5 Å². The summed E-state index contributed by atoms with van der Waals surface area (Å²) in [5.74, 6) is 0. The predicted octanol–water partition coefficient (Wildman–Crippen LogP) is 10.2. The Morgan fingerprint density at radius 2 is 0.872 bits per heavy atom. The smallest absolute Gasteiger partial charge is 0.0542 e. The van der Waals surface area contributed by atoms with E-state index in [1.165, 1.54) is 54.9 Å². The van der Waals surface area contributed by atoms with Crippen LogP contribution in [0.2, 0.25) is 5.02 Å². The Bertz CT molecular complexity index is 2170. The monoisotopic (exact) mass is 518 g/mol. The Morgan fingerprint density at radius 1 is 0.359 bits per heavy atom. The summed E-state index contributed by atoms with van der Waals surface area (Å²) in [5, 5.41) is 5.74. The van der Waals surface area contributed by atoms with Gasteiger partial charge in [-0.2, -0.15) is 0 Å². The van der Waals surface area contributed by atoms with Crippen molar-refractivity contribution in [1.82, 2.24) is 9.13 Å². The molecule has 0 aliphatic heterocycles. The zero-order chi connectivity index (χ0) is 25.9. The average molecular weight is 519 g/mol. The highest BCUT2D eigenvalue weighted by molar-refractivity contribution is 6.30. The van der Waals surface area contributed by atoms with Crippen molar-refractivity contribution < 1.29 is 0 Å². The molecule has 0 aliphatic rings. The number of rotatable bonds is 3. The lowest BCUT2D eigenvalue weighted by atomic mass is 10.0. The van der Waals surface area contributed by atoms with E-state index in [0.717, 1.165) is 16.3 Å². The lowest BCUT2D eigenvalue weighted by Gasteiger charge is -2.10. The topological polar surface area (TPSA) is 9.86 Å². The SMILES string of the molecule is Clc1ccc(-c2ccc3c(c2)c2ccccc2n3-c2ccc3c(c2)c2ccccc2n3-c2ccccc2)cc1. The summed E-state index contributed by atoms with van der Waals surface area (Å²) in [6.45, 7) is 0. The number of aromatic nitrogens is 2. The quantitative estimate of drug-likeness (QED) is 0.220. The minimum atomic E-state index is 0.750. The van der Waals surface area contributed by atoms with E-state index in [4.69, 9.17) is 11.6 Å². The van der Waals surface area contributed by atoms with E-state index in [-0.39, 0.29) is 0 Å². The molecule has 0 radical (unpaired) electrons. The third-order valence-corrected chi connectivity index (χ3v) is 8.03. The molecule has 0 spiro atoms. The fourth-order valence-corrected chi connectivity index (χ4v) is 6.15. The van der Waals surface area contributed by atoms with Gasteiger partial charge in [0.1, 0.15) is 0 Å². The van der Waals surface area contributed by atoms with Crippen molar-refractivity contribution in [3.05, 3.63) is 145 Å². The predicted molar refractivity (Wildman–Crippen MR) is 166 cm³/mol. The van der Waals surface area contributed by atoms with Crippen LogP contribution in [0.15, 0.2) is 140 Å². The van der Waals surface area contributed by atoms with E-state index in [0.29, 0.717) is 0 Å². The summed E-state index contributed by atoms with van der Waals surface area (Å²) >= 11 is 6.15. The van der Waals surface area contributed by atoms with Gasteiger partial charge in [0, 0.05) is 37.9 Å². The molecule has 0 saturated heterocycles. The van der Waals surface area contributed by atoms with Gasteiger partial charge in [0.2, 0.25) is 0 Å². The number of fused-ring (bicyclic) bond motifs is 6. The molecule has 8 aromatic rings. The van der Waals surface area contributed by atoms with Crippen LogP contribution >= 0.6 is 11.6 Å². The van der Waals surface area contributed by atoms with Gasteiger partial charge < -0.3 is 9.13 Å². The summed E-state index contributed by atoms with van der Waals surface area (Å²) in [4.78, 5) is 0. The van der Waals surface area contributed by atoms with Crippen LogP contribution in [0.3, 0.4) is 0 Å². The molecule has 0 N–H and O–H groups in total. The van der Waals surface area contributed by atoms with Gasteiger partial charge in [0.25, 0.3) is 0 Å². The molecule has 0 unspecified atom stereocenters. The maximum atomic E-state index is 6.15. The van der Waals surface area contributed by atoms with Gasteiger partial charge in [-0.1, -0.05) is 84.4 Å². The van der Waals surface area contributed by atoms with Gasteiger partial charge in [0.05, 0.1) is 22.1 Å². The number of hydrogen-bond donors (Lipinski definition) is 0. The van der Waals surface area contributed by atoms with Crippen LogP contribution in [0.1, 0.15) is 0 Å². The summed E-state index contributed by atoms with van der Waals surface area (Å²) in [6, 6.07) is 49.7. The summed E-state index contributed by atoms with van der Waals surface area (Å²) in [5.41, 5.74) is 9.48. The molecule has 0 bridgehead atoms. The van der Waals surface area contributed by atoms with Crippen molar-refractivity contribution in [2.45, 2.75) is 0 Å². The van der Waals surface area contributed by atoms with Crippen molar-refractivity contribution >= 4 is 55.2 Å². The average Bonchev–Trinajstić information content (AvgIpc) is 3.50. The molecule has 0 atom stereocenters. The second-order valence-electron chi connectivity index (χ2n) is 9.98. The second kappa shape index (κ2) is 8.62. The highest BCUT2D eigenvalue weighted by Crippen LogP contribution is 2.38. The molecule has 6 aromatic carbocycles. The van der Waals surface area contributed by atoms with Gasteiger partial charge in [-0.25, -0.2) is 0 Å². The van der Waals surface area contributed by atoms with Crippen molar-refractivity contribution in [1.29, 1.82) is 0 Å². The Hall–Kier alpha value is -4.79. The lowest BCUT2D eigenvalue weighted by Crippen LogP contribution is -1.95. The lowest BCUT2D eigenvalue weighted by molar-refractivity contribution is 1.17. The second-order valence-corrected chi connectivity index (χ2v) is 10.4. The Labute approximate surface area is 230 Å². The van der Waals surface area contributed by atoms with Crippen LogP contribution < -0.4 is 0 Å². The van der Waals surface area contributed by atoms with Crippen LogP contribution in [-0.2, 0) is 0 Å². The number of benzene rings is 6. The normalized spacial score (nSPS) is 11.7. The minimum Gasteiger partial charge on any atom is -0.309 e. The maximum absolute atomic E-state index is 6.15. The fourth-order valence-electron chi connectivity index (χ4n) is 6.03. The fraction of sp³-hybridized carbons (Fsp3) is 0. The number of nitrogens with zero attached hydrogens (tertiary/aromatic N) is 2. The van der Waals surface area contributed by atoms with Crippen LogP contribution in [-0.4, -0.2) is 9.13 Å². The largest absolute Gasteiger partial charge is 0.309 e. The molecule has 0 aliphatic carbocycles. The summed E-state index contributed by atoms with van der Waals surface area (Å²) in [7, 11) is 0. The van der Waals surface area contributed by atoms with Gasteiger partial charge >= 0.3 is 0 Å². The van der Waals surface area contributed by atoms with Gasteiger partial charge in [-0.3, -0.25) is 0 Å². The molecule has 2 heterocycles. The van der Waals surface area contributed by atoms with Crippen LogP contribution in [0.5, 0.6) is 0 Å². The molecular weight excluding hydrogens is 496 g/mol. The standard InChI is InChI=1S/C36H23ClN2/c37-26-17-14-24(15-18-26)25-16-20-35-31(22-25)29-10-4-7-13-34(29)39(35)28-19-21-36-32(23-28)30-11-5-6-12-33(30)38(36)27-8-2-1-3-9-27/h1-23H. The molecule has 2 aromatic heterocycles. The molecule has 0 amide bonds. The molecule has 8 rings (SSSR count). The molecule has 184 valence electrons. The molecule has 3 heteroatoms. The maximum Gasteiger partial charge on any atom is 0.0542 e. The summed E-state index contributed by atoms with van der Waals surface area (Å²) in [6.07, 6.45) is 0. The third kappa shape index (κ3) is 3.42. The van der Waals surface area contributed by atoms with Crippen LogP contribution in [0.4, 0.5) is 0 Å². The first-order valence-corrected chi connectivity index (χ1v) is 13.5. The Kier molecular flexibility index (Phi) is 4.91. The molecule has 39 heavy (non-hydrogen) atoms. The van der Waals surface area contributed by atoms with E-state index < -0.39 is 0 Å². The number of halogens is 1.